The molecule has 1 aliphatic carbocycles. The van der Waals surface area contributed by atoms with E-state index in [1.54, 1.807) is 0 Å². The molecule has 0 atom stereocenters. The summed E-state index contributed by atoms with van der Waals surface area (Å²) in [6.07, 6.45) is -10.8. The Bertz CT molecular complexity index is 821. The van der Waals surface area contributed by atoms with Gasteiger partial charge in [-0.3, -0.25) is 9.69 Å². The van der Waals surface area contributed by atoms with Gasteiger partial charge in [0, 0.05) is 51.1 Å². The maximum atomic E-state index is 13.8. The van der Waals surface area contributed by atoms with Crippen molar-refractivity contribution in [2.75, 3.05) is 32.7 Å². The van der Waals surface area contributed by atoms with Gasteiger partial charge in [0.05, 0.1) is 16.7 Å². The van der Waals surface area contributed by atoms with Crippen LogP contribution in [-0.4, -0.2) is 55.0 Å². The summed E-state index contributed by atoms with van der Waals surface area (Å²) < 4.78 is 107. The molecule has 0 spiro atoms. The number of hydrogen-bond donors (Lipinski definition) is 2. The van der Waals surface area contributed by atoms with E-state index in [4.69, 9.17) is 0 Å². The van der Waals surface area contributed by atoms with Gasteiger partial charge in [-0.2, -0.15) is 26.3 Å². The number of hydrogen-bond acceptors (Lipinski definition) is 3. The zero-order chi connectivity index (χ0) is 23.8. The van der Waals surface area contributed by atoms with Gasteiger partial charge in [-0.1, -0.05) is 0 Å². The molecule has 2 N–H and O–H groups in total. The van der Waals surface area contributed by atoms with Crippen molar-refractivity contribution in [2.45, 2.75) is 49.5 Å². The minimum atomic E-state index is -5.04. The smallest absolute Gasteiger partial charge is 0.350 e. The minimum Gasteiger partial charge on any atom is -0.350 e. The molecular formula is C20H23F8N3O. The molecule has 0 bridgehead atoms. The molecule has 1 aliphatic heterocycles. The highest BCUT2D eigenvalue weighted by molar-refractivity contribution is 5.96. The van der Waals surface area contributed by atoms with E-state index >= 15 is 0 Å². The van der Waals surface area contributed by atoms with Crippen LogP contribution in [0.5, 0.6) is 0 Å². The molecule has 1 aromatic carbocycles. The summed E-state index contributed by atoms with van der Waals surface area (Å²) in [6.45, 7) is 1.92. The number of halogens is 8. The third-order valence-electron chi connectivity index (χ3n) is 6.17. The molecular weight excluding hydrogens is 450 g/mol. The topological polar surface area (TPSA) is 44.4 Å². The number of carbonyl (C=O) groups excluding carboxylic acids is 1. The summed E-state index contributed by atoms with van der Waals surface area (Å²) in [4.78, 5) is 14.6. The normalized spacial score (nSPS) is 21.9. The van der Waals surface area contributed by atoms with E-state index in [9.17, 15) is 39.9 Å². The number of alkyl halides is 8. The summed E-state index contributed by atoms with van der Waals surface area (Å²) in [5.74, 6) is -4.19. The average molecular weight is 473 g/mol. The third kappa shape index (κ3) is 5.51. The Hall–Kier alpha value is -1.95. The average Bonchev–Trinajstić information content (AvgIpc) is 2.72. The zero-order valence-corrected chi connectivity index (χ0v) is 17.0. The highest BCUT2D eigenvalue weighted by Crippen LogP contribution is 2.42. The Morgan fingerprint density at radius 2 is 1.56 bits per heavy atom. The van der Waals surface area contributed by atoms with Crippen LogP contribution in [-0.2, 0) is 12.4 Å². The predicted octanol–water partition coefficient (Wildman–Crippen LogP) is 4.31. The fourth-order valence-corrected chi connectivity index (χ4v) is 4.32. The number of nitrogens with zero attached hydrogens (tertiary/aromatic N) is 1. The Morgan fingerprint density at radius 1 is 0.969 bits per heavy atom. The quantitative estimate of drug-likeness (QED) is 0.641. The Kier molecular flexibility index (Phi) is 6.77. The van der Waals surface area contributed by atoms with Crippen molar-refractivity contribution in [3.8, 4) is 0 Å². The van der Waals surface area contributed by atoms with E-state index in [2.05, 4.69) is 10.6 Å². The standard InChI is InChI=1S/C20H23F8N3O/c21-18(22)5-3-17(4-6-18,31-9-7-29-8-10-31)12-30-16(32)14-11-13(19(23,24)25)1-2-15(14)20(26,27)28/h1-2,11,29H,3-10,12H2,(H,30,32). The van der Waals surface area contributed by atoms with E-state index in [1.807, 2.05) is 4.90 Å². The molecule has 1 amide bonds. The molecule has 1 saturated carbocycles. The number of carbonyl (C=O) groups is 1. The first-order chi connectivity index (χ1) is 14.7. The van der Waals surface area contributed by atoms with Crippen molar-refractivity contribution in [2.24, 2.45) is 0 Å². The van der Waals surface area contributed by atoms with Gasteiger partial charge in [-0.25, -0.2) is 8.78 Å². The maximum absolute atomic E-state index is 13.8. The second-order valence-electron chi connectivity index (χ2n) is 8.26. The van der Waals surface area contributed by atoms with Crippen molar-refractivity contribution >= 4 is 5.91 Å². The number of benzene rings is 1. The van der Waals surface area contributed by atoms with Crippen molar-refractivity contribution < 1.29 is 39.9 Å². The van der Waals surface area contributed by atoms with Crippen molar-refractivity contribution in [3.63, 3.8) is 0 Å². The third-order valence-corrected chi connectivity index (χ3v) is 6.17. The van der Waals surface area contributed by atoms with Crippen LogP contribution in [0.3, 0.4) is 0 Å². The summed E-state index contributed by atoms with van der Waals surface area (Å²) in [6, 6.07) is 0.667. The van der Waals surface area contributed by atoms with Gasteiger partial charge in [0.2, 0.25) is 5.92 Å². The summed E-state index contributed by atoms with van der Waals surface area (Å²) in [5, 5.41) is 5.43. The van der Waals surface area contributed by atoms with Crippen LogP contribution >= 0.6 is 0 Å². The lowest BCUT2D eigenvalue weighted by Gasteiger charge is -2.49. The molecule has 32 heavy (non-hydrogen) atoms. The van der Waals surface area contributed by atoms with Crippen LogP contribution in [0, 0.1) is 0 Å². The number of amides is 1. The SMILES string of the molecule is O=C(NCC1(N2CCNCC2)CCC(F)(F)CC1)c1cc(C(F)(F)F)ccc1C(F)(F)F. The van der Waals surface area contributed by atoms with Gasteiger partial charge >= 0.3 is 12.4 Å². The lowest BCUT2D eigenvalue weighted by Crippen LogP contribution is -2.62. The van der Waals surface area contributed by atoms with Crippen molar-refractivity contribution in [1.29, 1.82) is 0 Å². The van der Waals surface area contributed by atoms with Crippen LogP contribution in [0.2, 0.25) is 0 Å². The maximum Gasteiger partial charge on any atom is 0.417 e. The zero-order valence-electron chi connectivity index (χ0n) is 17.0. The van der Waals surface area contributed by atoms with Gasteiger partial charge in [0.25, 0.3) is 5.91 Å². The van der Waals surface area contributed by atoms with Crippen molar-refractivity contribution in [1.82, 2.24) is 15.5 Å². The molecule has 0 radical (unpaired) electrons. The molecule has 180 valence electrons. The van der Waals surface area contributed by atoms with Gasteiger partial charge in [-0.15, -0.1) is 0 Å². The van der Waals surface area contributed by atoms with Crippen LogP contribution < -0.4 is 10.6 Å². The largest absolute Gasteiger partial charge is 0.417 e. The van der Waals surface area contributed by atoms with E-state index < -0.39 is 59.3 Å². The summed E-state index contributed by atoms with van der Waals surface area (Å²) in [5.41, 5.74) is -4.93. The van der Waals surface area contributed by atoms with Crippen LogP contribution in [0.1, 0.15) is 47.2 Å². The number of piperazine rings is 1. The molecule has 2 fully saturated rings. The molecule has 1 heterocycles. The van der Waals surface area contributed by atoms with Crippen LogP contribution in [0.25, 0.3) is 0 Å². The van der Waals surface area contributed by atoms with Crippen LogP contribution in [0.15, 0.2) is 18.2 Å². The highest BCUT2D eigenvalue weighted by Gasteiger charge is 2.47. The summed E-state index contributed by atoms with van der Waals surface area (Å²) >= 11 is 0. The molecule has 3 rings (SSSR count). The second kappa shape index (κ2) is 8.77. The first-order valence-corrected chi connectivity index (χ1v) is 10.1. The number of nitrogens with one attached hydrogen (secondary N) is 2. The van der Waals surface area contributed by atoms with E-state index in [-0.39, 0.29) is 37.6 Å². The van der Waals surface area contributed by atoms with Gasteiger partial charge < -0.3 is 10.6 Å². The van der Waals surface area contributed by atoms with E-state index in [0.29, 0.717) is 26.2 Å². The first-order valence-electron chi connectivity index (χ1n) is 10.1. The molecule has 1 aromatic rings. The summed E-state index contributed by atoms with van der Waals surface area (Å²) in [7, 11) is 0. The monoisotopic (exact) mass is 473 g/mol. The minimum absolute atomic E-state index is 0.00893. The van der Waals surface area contributed by atoms with Gasteiger partial charge in [-0.05, 0) is 31.0 Å². The molecule has 0 unspecified atom stereocenters. The van der Waals surface area contributed by atoms with Gasteiger partial charge in [0.1, 0.15) is 0 Å². The highest BCUT2D eigenvalue weighted by atomic mass is 19.4. The Morgan fingerprint density at radius 3 is 2.09 bits per heavy atom. The Balaban J connectivity index is 1.86. The van der Waals surface area contributed by atoms with Crippen molar-refractivity contribution in [3.05, 3.63) is 34.9 Å². The fourth-order valence-electron chi connectivity index (χ4n) is 4.32. The molecule has 2 aliphatic rings. The van der Waals surface area contributed by atoms with E-state index in [0.717, 1.165) is 0 Å². The first kappa shape index (κ1) is 24.7. The Labute approximate surface area is 179 Å². The molecule has 0 aromatic heterocycles. The second-order valence-corrected chi connectivity index (χ2v) is 8.26. The lowest BCUT2D eigenvalue weighted by molar-refractivity contribution is -0.141. The van der Waals surface area contributed by atoms with E-state index in [1.165, 1.54) is 0 Å². The number of rotatable bonds is 4. The molecule has 12 heteroatoms. The molecule has 1 saturated heterocycles. The predicted molar refractivity (Wildman–Crippen MR) is 99.4 cm³/mol. The van der Waals surface area contributed by atoms with Crippen LogP contribution in [0.4, 0.5) is 35.1 Å². The van der Waals surface area contributed by atoms with Gasteiger partial charge in [0.15, 0.2) is 0 Å². The fraction of sp³-hybridized carbons (Fsp3) is 0.650. The lowest BCUT2D eigenvalue weighted by atomic mass is 9.78. The molecule has 4 nitrogen and oxygen atoms in total.